The summed E-state index contributed by atoms with van der Waals surface area (Å²) < 4.78 is 5.14. The van der Waals surface area contributed by atoms with Crippen LogP contribution >= 0.6 is 0 Å². The number of nitrogens with zero attached hydrogens (tertiary/aromatic N) is 4. The van der Waals surface area contributed by atoms with E-state index < -0.39 is 12.2 Å². The number of hydrazine groups is 1. The van der Waals surface area contributed by atoms with Crippen LogP contribution in [0.4, 0.5) is 4.79 Å². The van der Waals surface area contributed by atoms with Gasteiger partial charge in [-0.2, -0.15) is 0 Å². The van der Waals surface area contributed by atoms with E-state index in [9.17, 15) is 19.5 Å². The molecule has 2 atom stereocenters. The second-order valence-corrected chi connectivity index (χ2v) is 10.4. The lowest BCUT2D eigenvalue weighted by Crippen LogP contribution is -2.76. The maximum atomic E-state index is 14.1. The zero-order valence-electron chi connectivity index (χ0n) is 24.7. The summed E-state index contributed by atoms with van der Waals surface area (Å²) in [6.45, 7) is 10.4. The lowest BCUT2D eigenvalue weighted by Gasteiger charge is -2.55. The predicted octanol–water partition coefficient (Wildman–Crippen LogP) is 3.59. The molecule has 2 N–H and O–H groups in total. The Bertz CT molecular complexity index is 1390. The van der Waals surface area contributed by atoms with Gasteiger partial charge in [0.2, 0.25) is 11.8 Å². The van der Waals surface area contributed by atoms with E-state index >= 15 is 0 Å². The molecule has 2 aromatic carbocycles. The van der Waals surface area contributed by atoms with E-state index in [-0.39, 0.29) is 56.2 Å². The van der Waals surface area contributed by atoms with Gasteiger partial charge in [0.25, 0.3) is 0 Å². The molecule has 0 aromatic heterocycles. The molecule has 2 saturated heterocycles. The minimum absolute atomic E-state index is 0.0807. The van der Waals surface area contributed by atoms with E-state index in [1.54, 1.807) is 56.2 Å². The normalized spacial score (nSPS) is 19.4. The molecule has 4 rings (SSSR count). The molecule has 2 aliphatic rings. The molecule has 2 fully saturated rings. The number of urea groups is 1. The molecule has 226 valence electrons. The second-order valence-electron chi connectivity index (χ2n) is 10.4. The van der Waals surface area contributed by atoms with Crippen LogP contribution in [-0.4, -0.2) is 88.3 Å². The number of hydrogen-bond donors (Lipinski definition) is 2. The number of rotatable bonds is 11. The van der Waals surface area contributed by atoms with Crippen LogP contribution in [0.5, 0.6) is 5.75 Å². The van der Waals surface area contributed by atoms with E-state index in [1.807, 2.05) is 49.4 Å². The first-order valence-electron chi connectivity index (χ1n) is 14.2. The third-order valence-corrected chi connectivity index (χ3v) is 7.52. The van der Waals surface area contributed by atoms with Gasteiger partial charge in [0.1, 0.15) is 23.7 Å². The standard InChI is InChI=1S/C33H39N5O5/c1-5-18-36-23-31(40)37-29(19-26-14-16-28(39)17-15-26)32(41)35(21-25(6-2)13-12-24(3)43-4)22-30(37)38(36)33(42)34-20-27-10-8-7-9-11-27/h5-17,29-30,39H,1,3,18-23H2,2,4H3,(H,34,42)/b13-12-,25-6+/t29-,30-/m0/s1. The molecule has 43 heavy (non-hydrogen) atoms. The summed E-state index contributed by atoms with van der Waals surface area (Å²) in [5.74, 6) is 0.103. The minimum Gasteiger partial charge on any atom is -0.508 e. The number of amides is 4. The van der Waals surface area contributed by atoms with Crippen LogP contribution in [0.3, 0.4) is 0 Å². The Labute approximate surface area is 252 Å². The van der Waals surface area contributed by atoms with Gasteiger partial charge >= 0.3 is 6.03 Å². The average Bonchev–Trinajstić information content (AvgIpc) is 3.01. The lowest BCUT2D eigenvalue weighted by molar-refractivity contribution is -0.188. The van der Waals surface area contributed by atoms with Gasteiger partial charge in [0.05, 0.1) is 20.2 Å². The molecule has 0 saturated carbocycles. The van der Waals surface area contributed by atoms with E-state index in [0.717, 1.165) is 16.7 Å². The van der Waals surface area contributed by atoms with E-state index in [2.05, 4.69) is 18.5 Å². The van der Waals surface area contributed by atoms with Crippen LogP contribution in [0.1, 0.15) is 18.1 Å². The summed E-state index contributed by atoms with van der Waals surface area (Å²) in [5, 5.41) is 16.0. The van der Waals surface area contributed by atoms with Crippen molar-refractivity contribution in [2.45, 2.75) is 32.1 Å². The third kappa shape index (κ3) is 7.52. The number of benzene rings is 2. The first-order chi connectivity index (χ1) is 20.7. The highest BCUT2D eigenvalue weighted by molar-refractivity contribution is 5.92. The van der Waals surface area contributed by atoms with E-state index in [0.29, 0.717) is 12.3 Å². The predicted molar refractivity (Wildman–Crippen MR) is 164 cm³/mol. The highest BCUT2D eigenvalue weighted by Crippen LogP contribution is 2.29. The van der Waals surface area contributed by atoms with Crippen molar-refractivity contribution in [3.63, 3.8) is 0 Å². The van der Waals surface area contributed by atoms with E-state index in [4.69, 9.17) is 4.74 Å². The Morgan fingerprint density at radius 1 is 1.09 bits per heavy atom. The van der Waals surface area contributed by atoms with Gasteiger partial charge in [-0.1, -0.05) is 67.3 Å². The van der Waals surface area contributed by atoms with Gasteiger partial charge in [0.15, 0.2) is 0 Å². The van der Waals surface area contributed by atoms with Gasteiger partial charge in [-0.05, 0) is 41.8 Å². The van der Waals surface area contributed by atoms with Crippen molar-refractivity contribution >= 4 is 17.8 Å². The number of nitrogens with one attached hydrogen (secondary N) is 1. The largest absolute Gasteiger partial charge is 0.508 e. The molecule has 0 bridgehead atoms. The zero-order chi connectivity index (χ0) is 30.9. The highest BCUT2D eigenvalue weighted by Gasteiger charge is 2.51. The number of fused-ring (bicyclic) bond motifs is 1. The molecule has 10 heteroatoms. The van der Waals surface area contributed by atoms with Gasteiger partial charge in [-0.15, -0.1) is 6.58 Å². The molecule has 2 aromatic rings. The fourth-order valence-electron chi connectivity index (χ4n) is 5.28. The van der Waals surface area contributed by atoms with Crippen LogP contribution in [0.2, 0.25) is 0 Å². The van der Waals surface area contributed by atoms with Crippen molar-refractivity contribution in [3.8, 4) is 5.75 Å². The van der Waals surface area contributed by atoms with Crippen LogP contribution < -0.4 is 5.32 Å². The molecule has 4 amide bonds. The molecular weight excluding hydrogens is 546 g/mol. The Morgan fingerprint density at radius 3 is 2.47 bits per heavy atom. The summed E-state index contributed by atoms with van der Waals surface area (Å²) in [6, 6.07) is 14.9. The minimum atomic E-state index is -0.859. The quantitative estimate of drug-likeness (QED) is 0.237. The van der Waals surface area contributed by atoms with Crippen LogP contribution in [0, 0.1) is 0 Å². The summed E-state index contributed by atoms with van der Waals surface area (Å²) in [4.78, 5) is 44.8. The number of piperazine rings is 1. The highest BCUT2D eigenvalue weighted by atomic mass is 16.5. The molecule has 0 aliphatic carbocycles. The van der Waals surface area contributed by atoms with Crippen LogP contribution in [-0.2, 0) is 27.3 Å². The molecule has 0 radical (unpaired) electrons. The first kappa shape index (κ1) is 31.1. The Morgan fingerprint density at radius 2 is 1.81 bits per heavy atom. The number of carbonyl (C=O) groups is 3. The van der Waals surface area contributed by atoms with Crippen molar-refractivity contribution < 1.29 is 24.2 Å². The van der Waals surface area contributed by atoms with Gasteiger partial charge in [0, 0.05) is 26.1 Å². The molecule has 0 unspecified atom stereocenters. The van der Waals surface area contributed by atoms with Gasteiger partial charge in [-0.25, -0.2) is 14.8 Å². The van der Waals surface area contributed by atoms with Crippen molar-refractivity contribution in [1.82, 2.24) is 25.1 Å². The maximum absolute atomic E-state index is 14.1. The monoisotopic (exact) mass is 585 g/mol. The topological polar surface area (TPSA) is 106 Å². The maximum Gasteiger partial charge on any atom is 0.334 e. The fraction of sp³-hybridized carbons (Fsp3) is 0.303. The Hall–Kier alpha value is -4.83. The van der Waals surface area contributed by atoms with Crippen molar-refractivity contribution in [2.24, 2.45) is 0 Å². The number of phenolic OH excluding ortho intramolecular Hbond substituents is 1. The first-order valence-corrected chi connectivity index (χ1v) is 14.2. The number of phenols is 1. The number of ether oxygens (including phenoxy) is 1. The van der Waals surface area contributed by atoms with Crippen molar-refractivity contribution in [2.75, 3.05) is 33.3 Å². The van der Waals surface area contributed by atoms with Gasteiger partial charge in [-0.3, -0.25) is 9.59 Å². The number of carbonyl (C=O) groups excluding carboxylic acids is 3. The summed E-state index contributed by atoms with van der Waals surface area (Å²) >= 11 is 0. The number of hydrogen-bond acceptors (Lipinski definition) is 6. The number of methoxy groups -OCH3 is 1. The number of allylic oxidation sites excluding steroid dienone is 2. The molecule has 2 heterocycles. The SMILES string of the molecule is C=CCN1CC(=O)N2[C@@H](Cc3ccc(O)cc3)C(=O)N(CC(/C=C\C(=C)OC)=C/C)C[C@@H]2N1C(=O)NCc1ccccc1. The fourth-order valence-corrected chi connectivity index (χ4v) is 5.28. The average molecular weight is 586 g/mol. The molecule has 2 aliphatic heterocycles. The van der Waals surface area contributed by atoms with Crippen molar-refractivity contribution in [3.05, 3.63) is 115 Å². The summed E-state index contributed by atoms with van der Waals surface area (Å²) in [5.41, 5.74) is 2.55. The van der Waals surface area contributed by atoms with Crippen molar-refractivity contribution in [1.29, 1.82) is 0 Å². The summed E-state index contributed by atoms with van der Waals surface area (Å²) in [6.07, 6.45) is 6.57. The smallest absolute Gasteiger partial charge is 0.334 e. The van der Waals surface area contributed by atoms with Gasteiger partial charge < -0.3 is 25.0 Å². The molecule has 10 nitrogen and oxygen atoms in total. The third-order valence-electron chi connectivity index (χ3n) is 7.52. The van der Waals surface area contributed by atoms with E-state index in [1.165, 1.54) is 7.11 Å². The molecular formula is C33H39N5O5. The number of aromatic hydroxyl groups is 1. The lowest BCUT2D eigenvalue weighted by atomic mass is 9.98. The molecule has 0 spiro atoms. The zero-order valence-corrected chi connectivity index (χ0v) is 24.7. The summed E-state index contributed by atoms with van der Waals surface area (Å²) in [7, 11) is 1.53. The van der Waals surface area contributed by atoms with Crippen LogP contribution in [0.15, 0.2) is 103 Å². The van der Waals surface area contributed by atoms with Crippen LogP contribution in [0.25, 0.3) is 0 Å². The Balaban J connectivity index is 1.70. The Kier molecular flexibility index (Phi) is 10.4. The second kappa shape index (κ2) is 14.4.